The van der Waals surface area contributed by atoms with Crippen molar-refractivity contribution >= 4 is 11.9 Å². The first kappa shape index (κ1) is 18.3. The molecular weight excluding hydrogens is 316 g/mol. The standard InChI is InChI=1S/C21H22O4/c1-5-6-17-13-15(14-20(24-3)21(17)25-4)7-12-19(22)16-8-10-18(23-2)11-9-16/h5,7-14H,1,6H2,2-4H3/b12-7+. The van der Waals surface area contributed by atoms with E-state index in [0.29, 0.717) is 23.5 Å². The van der Waals surface area contributed by atoms with E-state index in [-0.39, 0.29) is 5.78 Å². The first-order valence-corrected chi connectivity index (χ1v) is 7.85. The first-order valence-electron chi connectivity index (χ1n) is 7.85. The summed E-state index contributed by atoms with van der Waals surface area (Å²) < 4.78 is 15.9. The topological polar surface area (TPSA) is 44.8 Å². The number of benzene rings is 2. The van der Waals surface area contributed by atoms with Crippen molar-refractivity contribution in [2.75, 3.05) is 21.3 Å². The fourth-order valence-electron chi connectivity index (χ4n) is 2.49. The van der Waals surface area contributed by atoms with Crippen LogP contribution in [0.5, 0.6) is 17.2 Å². The molecule has 2 aromatic carbocycles. The van der Waals surface area contributed by atoms with Crippen LogP contribution in [0.3, 0.4) is 0 Å². The van der Waals surface area contributed by atoms with Gasteiger partial charge >= 0.3 is 0 Å². The molecule has 0 radical (unpaired) electrons. The zero-order chi connectivity index (χ0) is 18.2. The van der Waals surface area contributed by atoms with E-state index in [1.165, 1.54) is 0 Å². The molecule has 0 fully saturated rings. The van der Waals surface area contributed by atoms with E-state index in [2.05, 4.69) is 6.58 Å². The summed E-state index contributed by atoms with van der Waals surface area (Å²) >= 11 is 0. The molecule has 0 heterocycles. The van der Waals surface area contributed by atoms with Crippen LogP contribution in [-0.2, 0) is 6.42 Å². The molecule has 0 saturated carbocycles. The van der Waals surface area contributed by atoms with Gasteiger partial charge in [-0.3, -0.25) is 4.79 Å². The number of ether oxygens (including phenoxy) is 3. The Bertz CT molecular complexity index is 773. The SMILES string of the molecule is C=CCc1cc(/C=C/C(=O)c2ccc(OC)cc2)cc(OC)c1OC. The fourth-order valence-corrected chi connectivity index (χ4v) is 2.49. The molecule has 130 valence electrons. The molecule has 0 aliphatic rings. The maximum Gasteiger partial charge on any atom is 0.185 e. The van der Waals surface area contributed by atoms with Crippen LogP contribution in [0, 0.1) is 0 Å². The van der Waals surface area contributed by atoms with Crippen LogP contribution >= 0.6 is 0 Å². The van der Waals surface area contributed by atoms with Gasteiger partial charge in [0.15, 0.2) is 17.3 Å². The number of hydrogen-bond donors (Lipinski definition) is 0. The minimum absolute atomic E-state index is 0.0808. The van der Waals surface area contributed by atoms with Gasteiger partial charge in [0.25, 0.3) is 0 Å². The van der Waals surface area contributed by atoms with Crippen molar-refractivity contribution in [3.05, 3.63) is 71.8 Å². The van der Waals surface area contributed by atoms with Gasteiger partial charge in [0.1, 0.15) is 5.75 Å². The van der Waals surface area contributed by atoms with Gasteiger partial charge in [-0.1, -0.05) is 12.2 Å². The summed E-state index contributed by atoms with van der Waals surface area (Å²) in [5.41, 5.74) is 2.41. The molecule has 0 aliphatic heterocycles. The Labute approximate surface area is 148 Å². The Balaban J connectivity index is 2.28. The summed E-state index contributed by atoms with van der Waals surface area (Å²) in [4.78, 5) is 12.3. The summed E-state index contributed by atoms with van der Waals surface area (Å²) in [7, 11) is 4.79. The second kappa shape index (κ2) is 8.73. The Kier molecular flexibility index (Phi) is 6.40. The van der Waals surface area contributed by atoms with Gasteiger partial charge in [0, 0.05) is 11.1 Å². The third-order valence-corrected chi connectivity index (χ3v) is 3.74. The van der Waals surface area contributed by atoms with Crippen molar-refractivity contribution in [1.29, 1.82) is 0 Å². The van der Waals surface area contributed by atoms with E-state index >= 15 is 0 Å². The predicted molar refractivity (Wildman–Crippen MR) is 99.8 cm³/mol. The molecule has 0 aromatic heterocycles. The maximum atomic E-state index is 12.3. The number of allylic oxidation sites excluding steroid dienone is 2. The van der Waals surface area contributed by atoms with Crippen LogP contribution in [0.1, 0.15) is 21.5 Å². The molecule has 2 aromatic rings. The summed E-state index contributed by atoms with van der Waals surface area (Å²) in [5, 5.41) is 0. The number of hydrogen-bond acceptors (Lipinski definition) is 4. The molecular formula is C21H22O4. The van der Waals surface area contributed by atoms with E-state index in [4.69, 9.17) is 14.2 Å². The largest absolute Gasteiger partial charge is 0.497 e. The normalized spacial score (nSPS) is 10.5. The molecule has 25 heavy (non-hydrogen) atoms. The summed E-state index contributed by atoms with van der Waals surface area (Å²) in [6.45, 7) is 3.77. The summed E-state index contributed by atoms with van der Waals surface area (Å²) in [6.07, 6.45) is 5.75. The summed E-state index contributed by atoms with van der Waals surface area (Å²) in [5.74, 6) is 1.94. The maximum absolute atomic E-state index is 12.3. The van der Waals surface area contributed by atoms with Gasteiger partial charge in [-0.25, -0.2) is 0 Å². The highest BCUT2D eigenvalue weighted by Gasteiger charge is 2.11. The Hall–Kier alpha value is -3.01. The van der Waals surface area contributed by atoms with Gasteiger partial charge in [0.05, 0.1) is 21.3 Å². The lowest BCUT2D eigenvalue weighted by Gasteiger charge is -2.13. The van der Waals surface area contributed by atoms with Crippen molar-refractivity contribution in [1.82, 2.24) is 0 Å². The molecule has 4 heteroatoms. The van der Waals surface area contributed by atoms with Crippen molar-refractivity contribution in [3.63, 3.8) is 0 Å². The lowest BCUT2D eigenvalue weighted by atomic mass is 10.0. The van der Waals surface area contributed by atoms with Crippen LogP contribution < -0.4 is 14.2 Å². The lowest BCUT2D eigenvalue weighted by molar-refractivity contribution is 0.104. The van der Waals surface area contributed by atoms with Crippen LogP contribution in [0.25, 0.3) is 6.08 Å². The molecule has 0 N–H and O–H groups in total. The molecule has 0 bridgehead atoms. The fraction of sp³-hybridized carbons (Fsp3) is 0.190. The quantitative estimate of drug-likeness (QED) is 0.408. The van der Waals surface area contributed by atoms with Crippen LogP contribution in [0.2, 0.25) is 0 Å². The Morgan fingerprint density at radius 1 is 1.04 bits per heavy atom. The molecule has 0 spiro atoms. The average molecular weight is 338 g/mol. The van der Waals surface area contributed by atoms with Gasteiger partial charge < -0.3 is 14.2 Å². The summed E-state index contributed by atoms with van der Waals surface area (Å²) in [6, 6.07) is 10.8. The minimum Gasteiger partial charge on any atom is -0.497 e. The van der Waals surface area contributed by atoms with E-state index in [0.717, 1.165) is 16.9 Å². The number of carbonyl (C=O) groups excluding carboxylic acids is 1. The van der Waals surface area contributed by atoms with E-state index in [1.807, 2.05) is 12.1 Å². The number of methoxy groups -OCH3 is 3. The predicted octanol–water partition coefficient (Wildman–Crippen LogP) is 4.34. The van der Waals surface area contributed by atoms with Gasteiger partial charge in [-0.15, -0.1) is 6.58 Å². The zero-order valence-corrected chi connectivity index (χ0v) is 14.7. The second-order valence-corrected chi connectivity index (χ2v) is 5.33. The van der Waals surface area contributed by atoms with Gasteiger partial charge in [-0.2, -0.15) is 0 Å². The molecule has 0 unspecified atom stereocenters. The van der Waals surface area contributed by atoms with Crippen LogP contribution in [0.4, 0.5) is 0 Å². The van der Waals surface area contributed by atoms with Crippen molar-refractivity contribution in [2.45, 2.75) is 6.42 Å². The number of ketones is 1. The van der Waals surface area contributed by atoms with Crippen molar-refractivity contribution in [3.8, 4) is 17.2 Å². The van der Waals surface area contributed by atoms with E-state index in [9.17, 15) is 4.79 Å². The Morgan fingerprint density at radius 2 is 1.76 bits per heavy atom. The van der Waals surface area contributed by atoms with Crippen molar-refractivity contribution in [2.24, 2.45) is 0 Å². The smallest absolute Gasteiger partial charge is 0.185 e. The molecule has 0 atom stereocenters. The second-order valence-electron chi connectivity index (χ2n) is 5.33. The highest BCUT2D eigenvalue weighted by molar-refractivity contribution is 6.06. The van der Waals surface area contributed by atoms with E-state index in [1.54, 1.807) is 63.8 Å². The number of rotatable bonds is 8. The lowest BCUT2D eigenvalue weighted by Crippen LogP contribution is -1.97. The van der Waals surface area contributed by atoms with Gasteiger partial charge in [-0.05, 0) is 54.5 Å². The zero-order valence-electron chi connectivity index (χ0n) is 14.7. The average Bonchev–Trinajstić information content (AvgIpc) is 2.65. The Morgan fingerprint density at radius 3 is 2.32 bits per heavy atom. The molecule has 4 nitrogen and oxygen atoms in total. The highest BCUT2D eigenvalue weighted by Crippen LogP contribution is 2.33. The first-order chi connectivity index (χ1) is 12.1. The highest BCUT2D eigenvalue weighted by atomic mass is 16.5. The van der Waals surface area contributed by atoms with Crippen molar-refractivity contribution < 1.29 is 19.0 Å². The third-order valence-electron chi connectivity index (χ3n) is 3.74. The molecule has 0 saturated heterocycles. The van der Waals surface area contributed by atoms with Crippen LogP contribution in [0.15, 0.2) is 55.1 Å². The third kappa shape index (κ3) is 4.51. The number of carbonyl (C=O) groups is 1. The minimum atomic E-state index is -0.0808. The van der Waals surface area contributed by atoms with E-state index < -0.39 is 0 Å². The monoisotopic (exact) mass is 338 g/mol. The molecule has 0 amide bonds. The molecule has 0 aliphatic carbocycles. The molecule has 2 rings (SSSR count). The van der Waals surface area contributed by atoms with Gasteiger partial charge in [0.2, 0.25) is 0 Å². The van der Waals surface area contributed by atoms with Crippen LogP contribution in [-0.4, -0.2) is 27.1 Å².